The number of halogens is 2. The lowest BCUT2D eigenvalue weighted by molar-refractivity contribution is 0.143. The number of rotatable bonds is 3. The summed E-state index contributed by atoms with van der Waals surface area (Å²) < 4.78 is 6.62. The number of nitrogens with zero attached hydrogens (tertiary/aromatic N) is 1. The van der Waals surface area contributed by atoms with Gasteiger partial charge in [-0.15, -0.1) is 0 Å². The minimum absolute atomic E-state index is 0.0951. The van der Waals surface area contributed by atoms with Gasteiger partial charge in [-0.2, -0.15) is 0 Å². The molecule has 1 heterocycles. The van der Waals surface area contributed by atoms with E-state index in [2.05, 4.69) is 22.0 Å². The lowest BCUT2D eigenvalue weighted by Crippen LogP contribution is -2.38. The zero-order valence-corrected chi connectivity index (χ0v) is 17.5. The van der Waals surface area contributed by atoms with Crippen molar-refractivity contribution in [3.63, 3.8) is 0 Å². The second-order valence-corrected chi connectivity index (χ2v) is 8.14. The number of ether oxygens (including phenoxy) is 1. The predicted molar refractivity (Wildman–Crippen MR) is 116 cm³/mol. The Bertz CT molecular complexity index is 976. The molecular weight excluding hydrogens is 438 g/mol. The molecule has 0 aromatic heterocycles. The molecule has 4 rings (SSSR count). The van der Waals surface area contributed by atoms with Gasteiger partial charge in [-0.1, -0.05) is 76.1 Å². The SMILES string of the molecule is O=C(OCc1ccccc1)N1c2cc(Br)ccc2CCC1c1ccc(Cl)cc1. The molecule has 0 spiro atoms. The normalized spacial score (nSPS) is 15.8. The van der Waals surface area contributed by atoms with Gasteiger partial charge < -0.3 is 4.74 Å². The van der Waals surface area contributed by atoms with Crippen LogP contribution in [0.25, 0.3) is 0 Å². The Balaban J connectivity index is 1.66. The van der Waals surface area contributed by atoms with E-state index in [1.165, 1.54) is 0 Å². The molecule has 3 aromatic rings. The molecule has 0 radical (unpaired) electrons. The predicted octanol–water partition coefficient (Wildman–Crippen LogP) is 6.93. The van der Waals surface area contributed by atoms with E-state index in [0.29, 0.717) is 5.02 Å². The summed E-state index contributed by atoms with van der Waals surface area (Å²) in [6, 6.07) is 23.4. The van der Waals surface area contributed by atoms with Crippen LogP contribution >= 0.6 is 27.5 Å². The lowest BCUT2D eigenvalue weighted by Gasteiger charge is -2.37. The molecular formula is C23H19BrClNO2. The smallest absolute Gasteiger partial charge is 0.415 e. The molecule has 1 amide bonds. The fourth-order valence-electron chi connectivity index (χ4n) is 3.58. The highest BCUT2D eigenvalue weighted by Crippen LogP contribution is 2.40. The van der Waals surface area contributed by atoms with Crippen LogP contribution in [0, 0.1) is 0 Å². The van der Waals surface area contributed by atoms with Gasteiger partial charge in [-0.25, -0.2) is 4.79 Å². The Hall–Kier alpha value is -2.30. The third-order valence-corrected chi connectivity index (χ3v) is 5.71. The Morgan fingerprint density at radius 2 is 1.82 bits per heavy atom. The third-order valence-electron chi connectivity index (χ3n) is 4.96. The van der Waals surface area contributed by atoms with Crippen molar-refractivity contribution in [3.05, 3.63) is 99.0 Å². The second kappa shape index (κ2) is 8.38. The highest BCUT2D eigenvalue weighted by molar-refractivity contribution is 9.10. The summed E-state index contributed by atoms with van der Waals surface area (Å²) in [6.07, 6.45) is 1.39. The Labute approximate surface area is 178 Å². The highest BCUT2D eigenvalue weighted by Gasteiger charge is 2.33. The largest absolute Gasteiger partial charge is 0.444 e. The monoisotopic (exact) mass is 455 g/mol. The molecule has 0 N–H and O–H groups in total. The van der Waals surface area contributed by atoms with Crippen LogP contribution < -0.4 is 4.90 Å². The first kappa shape index (κ1) is 19.0. The molecule has 0 saturated heterocycles. The molecule has 3 aromatic carbocycles. The van der Waals surface area contributed by atoms with Gasteiger partial charge in [-0.3, -0.25) is 4.90 Å². The summed E-state index contributed by atoms with van der Waals surface area (Å²) in [6.45, 7) is 0.243. The van der Waals surface area contributed by atoms with Gasteiger partial charge in [0.2, 0.25) is 0 Å². The van der Waals surface area contributed by atoms with Crippen LogP contribution in [0.3, 0.4) is 0 Å². The molecule has 0 saturated carbocycles. The molecule has 0 bridgehead atoms. The van der Waals surface area contributed by atoms with Crippen molar-refractivity contribution >= 4 is 39.3 Å². The van der Waals surface area contributed by atoms with Crippen molar-refractivity contribution in [2.45, 2.75) is 25.5 Å². The summed E-state index contributed by atoms with van der Waals surface area (Å²) in [7, 11) is 0. The number of carbonyl (C=O) groups excluding carboxylic acids is 1. The first-order valence-corrected chi connectivity index (χ1v) is 10.3. The van der Waals surface area contributed by atoms with Gasteiger partial charge in [0, 0.05) is 9.50 Å². The molecule has 3 nitrogen and oxygen atoms in total. The first-order chi connectivity index (χ1) is 13.6. The summed E-state index contributed by atoms with van der Waals surface area (Å²) >= 11 is 9.59. The molecule has 28 heavy (non-hydrogen) atoms. The van der Waals surface area contributed by atoms with E-state index in [1.807, 2.05) is 66.7 Å². The summed E-state index contributed by atoms with van der Waals surface area (Å²) in [5.41, 5.74) is 4.04. The van der Waals surface area contributed by atoms with Gasteiger partial charge in [0.05, 0.1) is 11.7 Å². The number of fused-ring (bicyclic) bond motifs is 1. The number of anilines is 1. The minimum Gasteiger partial charge on any atom is -0.444 e. The van der Waals surface area contributed by atoms with Crippen LogP contribution in [-0.2, 0) is 17.8 Å². The maximum absolute atomic E-state index is 13.2. The fourth-order valence-corrected chi connectivity index (χ4v) is 4.05. The van der Waals surface area contributed by atoms with Gasteiger partial charge >= 0.3 is 6.09 Å². The van der Waals surface area contributed by atoms with E-state index in [4.69, 9.17) is 16.3 Å². The zero-order chi connectivity index (χ0) is 19.5. The maximum atomic E-state index is 13.2. The Morgan fingerprint density at radius 1 is 1.07 bits per heavy atom. The summed E-state index contributed by atoms with van der Waals surface area (Å²) in [4.78, 5) is 14.9. The van der Waals surface area contributed by atoms with Gasteiger partial charge in [0.25, 0.3) is 0 Å². The topological polar surface area (TPSA) is 29.5 Å². The zero-order valence-electron chi connectivity index (χ0n) is 15.1. The minimum atomic E-state index is -0.345. The van der Waals surface area contributed by atoms with Crippen molar-refractivity contribution in [3.8, 4) is 0 Å². The van der Waals surface area contributed by atoms with Crippen LogP contribution in [0.15, 0.2) is 77.3 Å². The van der Waals surface area contributed by atoms with Crippen LogP contribution in [0.5, 0.6) is 0 Å². The maximum Gasteiger partial charge on any atom is 0.415 e. The van der Waals surface area contributed by atoms with Crippen LogP contribution in [0.2, 0.25) is 5.02 Å². The second-order valence-electron chi connectivity index (χ2n) is 6.79. The van der Waals surface area contributed by atoms with Crippen molar-refractivity contribution in [1.82, 2.24) is 0 Å². The van der Waals surface area contributed by atoms with Gasteiger partial charge in [0.15, 0.2) is 0 Å². The molecule has 0 aliphatic carbocycles. The number of hydrogen-bond donors (Lipinski definition) is 0. The highest BCUT2D eigenvalue weighted by atomic mass is 79.9. The van der Waals surface area contributed by atoms with Crippen LogP contribution in [-0.4, -0.2) is 6.09 Å². The van der Waals surface area contributed by atoms with E-state index >= 15 is 0 Å². The van der Waals surface area contributed by atoms with E-state index in [1.54, 1.807) is 4.90 Å². The van der Waals surface area contributed by atoms with Gasteiger partial charge in [-0.05, 0) is 53.8 Å². The number of hydrogen-bond acceptors (Lipinski definition) is 2. The van der Waals surface area contributed by atoms with Gasteiger partial charge in [0.1, 0.15) is 6.61 Å². The molecule has 142 valence electrons. The molecule has 1 atom stereocenters. The lowest BCUT2D eigenvalue weighted by atomic mass is 9.91. The number of amides is 1. The molecule has 0 fully saturated rings. The van der Waals surface area contributed by atoms with Crippen LogP contribution in [0.1, 0.15) is 29.2 Å². The number of carbonyl (C=O) groups is 1. The summed E-state index contributed by atoms with van der Waals surface area (Å²) in [5.74, 6) is 0. The number of aryl methyl sites for hydroxylation is 1. The fraction of sp³-hybridized carbons (Fsp3) is 0.174. The number of benzene rings is 3. The van der Waals surface area contributed by atoms with E-state index in [9.17, 15) is 4.79 Å². The van der Waals surface area contributed by atoms with E-state index < -0.39 is 0 Å². The first-order valence-electron chi connectivity index (χ1n) is 9.15. The molecule has 1 aliphatic heterocycles. The Morgan fingerprint density at radius 3 is 2.57 bits per heavy atom. The third kappa shape index (κ3) is 4.08. The summed E-state index contributed by atoms with van der Waals surface area (Å²) in [5, 5.41) is 0.681. The average molecular weight is 457 g/mol. The van der Waals surface area contributed by atoms with Crippen molar-refractivity contribution in [1.29, 1.82) is 0 Å². The van der Waals surface area contributed by atoms with E-state index in [0.717, 1.165) is 39.7 Å². The Kier molecular flexibility index (Phi) is 5.69. The van der Waals surface area contributed by atoms with Crippen molar-refractivity contribution in [2.24, 2.45) is 0 Å². The quantitative estimate of drug-likeness (QED) is 0.427. The standard InChI is InChI=1S/C23H19BrClNO2/c24-19-10-6-18-9-13-21(17-7-11-20(25)12-8-17)26(22(18)14-19)23(27)28-15-16-4-2-1-3-5-16/h1-8,10-12,14,21H,9,13,15H2. The van der Waals surface area contributed by atoms with Crippen LogP contribution in [0.4, 0.5) is 10.5 Å². The molecule has 1 unspecified atom stereocenters. The van der Waals surface area contributed by atoms with E-state index in [-0.39, 0.29) is 18.7 Å². The average Bonchev–Trinajstić information content (AvgIpc) is 2.72. The van der Waals surface area contributed by atoms with Crippen molar-refractivity contribution in [2.75, 3.05) is 4.90 Å². The molecule has 5 heteroatoms. The molecule has 1 aliphatic rings. The van der Waals surface area contributed by atoms with Crippen molar-refractivity contribution < 1.29 is 9.53 Å².